The van der Waals surface area contributed by atoms with E-state index in [9.17, 15) is 0 Å². The first-order valence-electron chi connectivity index (χ1n) is 5.10. The van der Waals surface area contributed by atoms with E-state index < -0.39 is 0 Å². The molecule has 1 aromatic carbocycles. The zero-order chi connectivity index (χ0) is 10.8. The average Bonchev–Trinajstić information content (AvgIpc) is 2.97. The molecule has 0 atom stereocenters. The van der Waals surface area contributed by atoms with Gasteiger partial charge < -0.3 is 9.73 Å². The molecule has 3 aromatic rings. The Labute approximate surface area is 92.3 Å². The summed E-state index contributed by atoms with van der Waals surface area (Å²) < 4.78 is 5.00. The van der Waals surface area contributed by atoms with Crippen LogP contribution in [0, 0.1) is 0 Å². The van der Waals surface area contributed by atoms with Crippen molar-refractivity contribution in [2.45, 2.75) is 6.54 Å². The third-order valence-corrected chi connectivity index (χ3v) is 2.52. The number of aromatic nitrogens is 2. The highest BCUT2D eigenvalue weighted by molar-refractivity contribution is 5.81. The fraction of sp³-hybridized carbons (Fsp3) is 0.0833. The van der Waals surface area contributed by atoms with Gasteiger partial charge >= 0.3 is 0 Å². The molecule has 0 radical (unpaired) electrons. The summed E-state index contributed by atoms with van der Waals surface area (Å²) in [6.07, 6.45) is 5.23. The van der Waals surface area contributed by atoms with Gasteiger partial charge in [0.05, 0.1) is 24.2 Å². The SMILES string of the molecule is c1cc(CNc2ccc3cn[nH]c3c2)co1. The van der Waals surface area contributed by atoms with E-state index in [1.165, 1.54) is 0 Å². The van der Waals surface area contributed by atoms with E-state index >= 15 is 0 Å². The van der Waals surface area contributed by atoms with Crippen LogP contribution >= 0.6 is 0 Å². The molecule has 3 rings (SSSR count). The van der Waals surface area contributed by atoms with Crippen molar-refractivity contribution < 1.29 is 4.42 Å². The van der Waals surface area contributed by atoms with Gasteiger partial charge in [0.25, 0.3) is 0 Å². The fourth-order valence-corrected chi connectivity index (χ4v) is 1.64. The van der Waals surface area contributed by atoms with Gasteiger partial charge in [0.2, 0.25) is 0 Å². The van der Waals surface area contributed by atoms with E-state index in [1.54, 1.807) is 12.5 Å². The fourth-order valence-electron chi connectivity index (χ4n) is 1.64. The summed E-state index contributed by atoms with van der Waals surface area (Å²) in [5.74, 6) is 0. The largest absolute Gasteiger partial charge is 0.472 e. The lowest BCUT2D eigenvalue weighted by Gasteiger charge is -2.04. The van der Waals surface area contributed by atoms with E-state index in [4.69, 9.17) is 4.42 Å². The monoisotopic (exact) mass is 213 g/mol. The summed E-state index contributed by atoms with van der Waals surface area (Å²) >= 11 is 0. The van der Waals surface area contributed by atoms with Gasteiger partial charge in [-0.3, -0.25) is 5.10 Å². The number of hydrogen-bond acceptors (Lipinski definition) is 3. The summed E-state index contributed by atoms with van der Waals surface area (Å²) in [5.41, 5.74) is 3.24. The molecule has 0 spiro atoms. The molecule has 0 aliphatic rings. The molecule has 0 saturated carbocycles. The lowest BCUT2D eigenvalue weighted by Crippen LogP contribution is -1.97. The predicted molar refractivity (Wildman–Crippen MR) is 62.1 cm³/mol. The van der Waals surface area contributed by atoms with Crippen molar-refractivity contribution in [3.63, 3.8) is 0 Å². The third kappa shape index (κ3) is 1.65. The molecule has 2 N–H and O–H groups in total. The number of fused-ring (bicyclic) bond motifs is 1. The lowest BCUT2D eigenvalue weighted by molar-refractivity contribution is 0.564. The first-order chi connectivity index (χ1) is 7.92. The Morgan fingerprint density at radius 1 is 1.31 bits per heavy atom. The first kappa shape index (κ1) is 9.03. The standard InChI is InChI=1S/C12H11N3O/c1-2-11(5-12-10(1)7-14-15-12)13-6-9-3-4-16-8-9/h1-5,7-8,13H,6H2,(H,14,15). The molecule has 80 valence electrons. The summed E-state index contributed by atoms with van der Waals surface area (Å²) in [4.78, 5) is 0. The van der Waals surface area contributed by atoms with Gasteiger partial charge in [-0.15, -0.1) is 0 Å². The second kappa shape index (κ2) is 3.73. The molecule has 0 amide bonds. The smallest absolute Gasteiger partial charge is 0.0952 e. The Morgan fingerprint density at radius 2 is 2.31 bits per heavy atom. The average molecular weight is 213 g/mol. The van der Waals surface area contributed by atoms with E-state index in [1.807, 2.05) is 30.5 Å². The van der Waals surface area contributed by atoms with Crippen LogP contribution < -0.4 is 5.32 Å². The molecular weight excluding hydrogens is 202 g/mol. The summed E-state index contributed by atoms with van der Waals surface area (Å²) in [6, 6.07) is 8.07. The number of benzene rings is 1. The molecule has 16 heavy (non-hydrogen) atoms. The van der Waals surface area contributed by atoms with E-state index in [0.717, 1.165) is 28.7 Å². The predicted octanol–water partition coefficient (Wildman–Crippen LogP) is 2.77. The number of H-pyrrole nitrogens is 1. The second-order valence-corrected chi connectivity index (χ2v) is 3.66. The van der Waals surface area contributed by atoms with Crippen molar-refractivity contribution in [3.8, 4) is 0 Å². The van der Waals surface area contributed by atoms with E-state index in [2.05, 4.69) is 15.5 Å². The third-order valence-electron chi connectivity index (χ3n) is 2.52. The minimum atomic E-state index is 0.760. The molecule has 0 bridgehead atoms. The van der Waals surface area contributed by atoms with Crippen LogP contribution in [-0.4, -0.2) is 10.2 Å². The quantitative estimate of drug-likeness (QED) is 0.703. The lowest BCUT2D eigenvalue weighted by atomic mass is 10.2. The zero-order valence-electron chi connectivity index (χ0n) is 8.60. The van der Waals surface area contributed by atoms with Gasteiger partial charge in [-0.25, -0.2) is 0 Å². The van der Waals surface area contributed by atoms with Gasteiger partial charge in [-0.2, -0.15) is 5.10 Å². The maximum absolute atomic E-state index is 5.00. The molecule has 4 heteroatoms. The molecular formula is C12H11N3O. The Kier molecular flexibility index (Phi) is 2.11. The maximum atomic E-state index is 5.00. The van der Waals surface area contributed by atoms with Crippen molar-refractivity contribution >= 4 is 16.6 Å². The number of rotatable bonds is 3. The molecule has 0 aliphatic heterocycles. The van der Waals surface area contributed by atoms with Crippen LogP contribution in [0.25, 0.3) is 10.9 Å². The molecule has 0 unspecified atom stereocenters. The van der Waals surface area contributed by atoms with E-state index in [0.29, 0.717) is 0 Å². The summed E-state index contributed by atoms with van der Waals surface area (Å²) in [7, 11) is 0. The van der Waals surface area contributed by atoms with Crippen molar-refractivity contribution in [3.05, 3.63) is 48.6 Å². The van der Waals surface area contributed by atoms with Crippen LogP contribution in [0.2, 0.25) is 0 Å². The minimum Gasteiger partial charge on any atom is -0.472 e. The number of nitrogens with one attached hydrogen (secondary N) is 2. The highest BCUT2D eigenvalue weighted by atomic mass is 16.3. The molecule has 0 saturated heterocycles. The highest BCUT2D eigenvalue weighted by Gasteiger charge is 1.98. The Balaban J connectivity index is 1.78. The van der Waals surface area contributed by atoms with Crippen LogP contribution in [0.4, 0.5) is 5.69 Å². The number of hydrogen-bond donors (Lipinski definition) is 2. The van der Waals surface area contributed by atoms with Crippen LogP contribution in [0.1, 0.15) is 5.56 Å². The van der Waals surface area contributed by atoms with E-state index in [-0.39, 0.29) is 0 Å². The Bertz CT molecular complexity index is 583. The van der Waals surface area contributed by atoms with Gasteiger partial charge in [0, 0.05) is 23.2 Å². The van der Waals surface area contributed by atoms with Gasteiger partial charge in [-0.1, -0.05) is 0 Å². The van der Waals surface area contributed by atoms with Gasteiger partial charge in [-0.05, 0) is 24.3 Å². The summed E-state index contributed by atoms with van der Waals surface area (Å²) in [5, 5.41) is 11.4. The number of nitrogens with zero attached hydrogens (tertiary/aromatic N) is 1. The van der Waals surface area contributed by atoms with Crippen molar-refractivity contribution in [2.75, 3.05) is 5.32 Å². The molecule has 0 fully saturated rings. The van der Waals surface area contributed by atoms with Crippen LogP contribution in [0.5, 0.6) is 0 Å². The maximum Gasteiger partial charge on any atom is 0.0952 e. The van der Waals surface area contributed by atoms with Crippen molar-refractivity contribution in [1.82, 2.24) is 10.2 Å². The zero-order valence-corrected chi connectivity index (χ0v) is 8.60. The van der Waals surface area contributed by atoms with Crippen molar-refractivity contribution in [1.29, 1.82) is 0 Å². The molecule has 0 aliphatic carbocycles. The van der Waals surface area contributed by atoms with Crippen LogP contribution in [0.3, 0.4) is 0 Å². The van der Waals surface area contributed by atoms with Gasteiger partial charge in [0.1, 0.15) is 0 Å². The number of aromatic amines is 1. The van der Waals surface area contributed by atoms with Crippen molar-refractivity contribution in [2.24, 2.45) is 0 Å². The molecule has 2 heterocycles. The molecule has 4 nitrogen and oxygen atoms in total. The first-order valence-corrected chi connectivity index (χ1v) is 5.10. The second-order valence-electron chi connectivity index (χ2n) is 3.66. The van der Waals surface area contributed by atoms with Crippen LogP contribution in [-0.2, 0) is 6.54 Å². The molecule has 2 aromatic heterocycles. The Hall–Kier alpha value is -2.23. The Morgan fingerprint density at radius 3 is 3.19 bits per heavy atom. The number of anilines is 1. The topological polar surface area (TPSA) is 53.9 Å². The highest BCUT2D eigenvalue weighted by Crippen LogP contribution is 2.17. The number of furan rings is 1. The van der Waals surface area contributed by atoms with Gasteiger partial charge in [0.15, 0.2) is 0 Å². The summed E-state index contributed by atoms with van der Waals surface area (Å²) in [6.45, 7) is 0.760. The normalized spacial score (nSPS) is 10.8. The van der Waals surface area contributed by atoms with Crippen LogP contribution in [0.15, 0.2) is 47.4 Å². The minimum absolute atomic E-state index is 0.760.